The molecule has 2 aromatic heterocycles. The van der Waals surface area contributed by atoms with Crippen LogP contribution in [-0.2, 0) is 0 Å². The molecule has 82 valence electrons. The summed E-state index contributed by atoms with van der Waals surface area (Å²) in [6.45, 7) is 0. The van der Waals surface area contributed by atoms with Crippen molar-refractivity contribution in [2.24, 2.45) is 0 Å². The molecule has 0 aliphatic heterocycles. The van der Waals surface area contributed by atoms with E-state index in [2.05, 4.69) is 9.97 Å². The number of aromatic hydroxyl groups is 2. The highest BCUT2D eigenvalue weighted by Gasteiger charge is 2.06. The minimum atomic E-state index is -0.0108. The van der Waals surface area contributed by atoms with Crippen LogP contribution in [0.1, 0.15) is 0 Å². The van der Waals surface area contributed by atoms with E-state index in [1.54, 1.807) is 24.3 Å². The second-order valence-electron chi connectivity index (χ2n) is 2.82. The molecule has 0 aromatic carbocycles. The average molecular weight is 252 g/mol. The maximum atomic E-state index is 9.43. The summed E-state index contributed by atoms with van der Waals surface area (Å²) in [5.41, 5.74) is 0. The molecular weight excluding hydrogens is 244 g/mol. The lowest BCUT2D eigenvalue weighted by atomic mass is 10.5. The molecule has 2 heterocycles. The van der Waals surface area contributed by atoms with Crippen LogP contribution in [0.25, 0.3) is 0 Å². The summed E-state index contributed by atoms with van der Waals surface area (Å²) in [4.78, 5) is 8.81. The van der Waals surface area contributed by atoms with Crippen molar-refractivity contribution >= 4 is 21.6 Å². The Morgan fingerprint density at radius 1 is 0.812 bits per heavy atom. The lowest BCUT2D eigenvalue weighted by Crippen LogP contribution is -1.77. The lowest BCUT2D eigenvalue weighted by molar-refractivity contribution is 0.439. The monoisotopic (exact) mass is 252 g/mol. The molecular formula is C10H8N2O2S2. The van der Waals surface area contributed by atoms with E-state index >= 15 is 0 Å². The van der Waals surface area contributed by atoms with Gasteiger partial charge < -0.3 is 10.2 Å². The minimum absolute atomic E-state index is 0.0108. The minimum Gasteiger partial charge on any atom is -0.492 e. The van der Waals surface area contributed by atoms with E-state index in [-0.39, 0.29) is 11.8 Å². The van der Waals surface area contributed by atoms with Gasteiger partial charge in [0.15, 0.2) is 0 Å². The largest absolute Gasteiger partial charge is 0.492 e. The SMILES string of the molecule is Oc1ncccc1SSc1cccnc1O. The molecule has 0 fully saturated rings. The van der Waals surface area contributed by atoms with Crippen molar-refractivity contribution < 1.29 is 10.2 Å². The van der Waals surface area contributed by atoms with Crippen molar-refractivity contribution in [2.45, 2.75) is 9.79 Å². The van der Waals surface area contributed by atoms with Crippen molar-refractivity contribution in [3.05, 3.63) is 36.7 Å². The third kappa shape index (κ3) is 2.59. The first kappa shape index (κ1) is 11.1. The maximum Gasteiger partial charge on any atom is 0.225 e. The molecule has 0 unspecified atom stereocenters. The molecule has 0 radical (unpaired) electrons. The Hall–Kier alpha value is -1.40. The number of hydrogen-bond donors (Lipinski definition) is 2. The number of hydrogen-bond acceptors (Lipinski definition) is 6. The number of aromatic nitrogens is 2. The fourth-order valence-corrected chi connectivity index (χ4v) is 3.01. The van der Waals surface area contributed by atoms with Crippen LogP contribution in [0.2, 0.25) is 0 Å². The first-order chi connectivity index (χ1) is 7.77. The van der Waals surface area contributed by atoms with Gasteiger partial charge in [0.25, 0.3) is 0 Å². The summed E-state index contributed by atoms with van der Waals surface area (Å²) in [6.07, 6.45) is 3.04. The van der Waals surface area contributed by atoms with Crippen LogP contribution < -0.4 is 0 Å². The molecule has 2 N–H and O–H groups in total. The Morgan fingerprint density at radius 3 is 1.62 bits per heavy atom. The quantitative estimate of drug-likeness (QED) is 0.819. The highest BCUT2D eigenvalue weighted by molar-refractivity contribution is 8.76. The zero-order chi connectivity index (χ0) is 11.4. The normalized spacial score (nSPS) is 10.2. The van der Waals surface area contributed by atoms with Gasteiger partial charge in [-0.05, 0) is 45.9 Å². The molecule has 16 heavy (non-hydrogen) atoms. The molecule has 0 aliphatic rings. The van der Waals surface area contributed by atoms with Crippen molar-refractivity contribution in [2.75, 3.05) is 0 Å². The fourth-order valence-electron chi connectivity index (χ4n) is 0.984. The highest BCUT2D eigenvalue weighted by atomic mass is 33.1. The predicted octanol–water partition coefficient (Wildman–Crippen LogP) is 2.69. The first-order valence-electron chi connectivity index (χ1n) is 4.40. The molecule has 2 aromatic rings. The summed E-state index contributed by atoms with van der Waals surface area (Å²) >= 11 is 0. The van der Waals surface area contributed by atoms with Crippen molar-refractivity contribution in [1.29, 1.82) is 0 Å². The van der Waals surface area contributed by atoms with Crippen LogP contribution in [0.15, 0.2) is 46.5 Å². The van der Waals surface area contributed by atoms with Gasteiger partial charge in [0, 0.05) is 12.4 Å². The molecule has 2 rings (SSSR count). The van der Waals surface area contributed by atoms with Gasteiger partial charge in [0.1, 0.15) is 0 Å². The summed E-state index contributed by atoms with van der Waals surface area (Å²) in [5, 5.41) is 18.9. The Morgan fingerprint density at radius 2 is 1.25 bits per heavy atom. The van der Waals surface area contributed by atoms with Gasteiger partial charge >= 0.3 is 0 Å². The van der Waals surface area contributed by atoms with Crippen molar-refractivity contribution in [3.8, 4) is 11.8 Å². The first-order valence-corrected chi connectivity index (χ1v) is 6.55. The summed E-state index contributed by atoms with van der Waals surface area (Å²) in [5.74, 6) is -0.0215. The molecule has 4 nitrogen and oxygen atoms in total. The van der Waals surface area contributed by atoms with Gasteiger partial charge in [-0.25, -0.2) is 9.97 Å². The molecule has 0 saturated heterocycles. The molecule has 0 atom stereocenters. The van der Waals surface area contributed by atoms with Gasteiger partial charge in [0.05, 0.1) is 9.79 Å². The summed E-state index contributed by atoms with van der Waals surface area (Å²) in [7, 11) is 2.64. The Balaban J connectivity index is 2.09. The molecule has 0 aliphatic carbocycles. The standard InChI is InChI=1S/C10H8N2O2S2/c13-9-7(3-1-5-11-9)15-16-8-4-2-6-12-10(8)14/h1-6H,(H,11,13)(H,12,14). The van der Waals surface area contributed by atoms with Gasteiger partial charge in [-0.2, -0.15) is 0 Å². The smallest absolute Gasteiger partial charge is 0.225 e. The third-order valence-corrected chi connectivity index (χ3v) is 4.13. The number of pyridine rings is 2. The van der Waals surface area contributed by atoms with E-state index in [0.717, 1.165) is 0 Å². The Kier molecular flexibility index (Phi) is 3.53. The predicted molar refractivity (Wildman–Crippen MR) is 63.5 cm³/mol. The number of rotatable bonds is 3. The van der Waals surface area contributed by atoms with Crippen LogP contribution in [-0.4, -0.2) is 20.2 Å². The third-order valence-electron chi connectivity index (χ3n) is 1.72. The van der Waals surface area contributed by atoms with Crippen LogP contribution in [0.3, 0.4) is 0 Å². The van der Waals surface area contributed by atoms with Crippen molar-refractivity contribution in [3.63, 3.8) is 0 Å². The average Bonchev–Trinajstić information content (AvgIpc) is 2.30. The zero-order valence-corrected chi connectivity index (χ0v) is 9.70. The van der Waals surface area contributed by atoms with E-state index in [0.29, 0.717) is 9.79 Å². The number of nitrogens with zero attached hydrogens (tertiary/aromatic N) is 2. The zero-order valence-electron chi connectivity index (χ0n) is 8.07. The second kappa shape index (κ2) is 5.09. The Bertz CT molecular complexity index is 448. The molecule has 0 bridgehead atoms. The van der Waals surface area contributed by atoms with Crippen LogP contribution >= 0.6 is 21.6 Å². The Labute approximate surface area is 100 Å². The van der Waals surface area contributed by atoms with Crippen LogP contribution in [0, 0.1) is 0 Å². The summed E-state index contributed by atoms with van der Waals surface area (Å²) in [6, 6.07) is 7.00. The van der Waals surface area contributed by atoms with Gasteiger partial charge in [-0.15, -0.1) is 0 Å². The van der Waals surface area contributed by atoms with E-state index in [9.17, 15) is 10.2 Å². The molecule has 0 spiro atoms. The second-order valence-corrected chi connectivity index (χ2v) is 5.03. The van der Waals surface area contributed by atoms with Gasteiger partial charge in [0.2, 0.25) is 11.8 Å². The fraction of sp³-hybridized carbons (Fsp3) is 0. The van der Waals surface area contributed by atoms with Crippen molar-refractivity contribution in [1.82, 2.24) is 9.97 Å². The molecule has 0 saturated carbocycles. The lowest BCUT2D eigenvalue weighted by Gasteiger charge is -2.03. The maximum absolute atomic E-state index is 9.43. The van der Waals surface area contributed by atoms with Gasteiger partial charge in [-0.1, -0.05) is 0 Å². The molecule has 0 amide bonds. The van der Waals surface area contributed by atoms with E-state index in [1.165, 1.54) is 34.0 Å². The van der Waals surface area contributed by atoms with E-state index in [1.807, 2.05) is 0 Å². The van der Waals surface area contributed by atoms with Crippen LogP contribution in [0.4, 0.5) is 0 Å². The van der Waals surface area contributed by atoms with Crippen LogP contribution in [0.5, 0.6) is 11.8 Å². The van der Waals surface area contributed by atoms with Gasteiger partial charge in [-0.3, -0.25) is 0 Å². The topological polar surface area (TPSA) is 66.2 Å². The van der Waals surface area contributed by atoms with E-state index < -0.39 is 0 Å². The highest BCUT2D eigenvalue weighted by Crippen LogP contribution is 2.42. The molecule has 6 heteroatoms. The summed E-state index contributed by atoms with van der Waals surface area (Å²) < 4.78 is 0. The van der Waals surface area contributed by atoms with E-state index in [4.69, 9.17) is 0 Å².